The Morgan fingerprint density at radius 2 is 1.43 bits per heavy atom. The van der Waals surface area contributed by atoms with Gasteiger partial charge < -0.3 is 15.4 Å². The largest absolute Gasteiger partial charge is 0.494 e. The van der Waals surface area contributed by atoms with Crippen molar-refractivity contribution in [3.05, 3.63) is 87.9 Å². The summed E-state index contributed by atoms with van der Waals surface area (Å²) in [6.07, 6.45) is 0.922. The van der Waals surface area contributed by atoms with Gasteiger partial charge in [0.1, 0.15) is 5.75 Å². The second-order valence-corrected chi connectivity index (χ2v) is 7.33. The molecule has 0 aliphatic heterocycles. The molecule has 0 aliphatic carbocycles. The van der Waals surface area contributed by atoms with E-state index in [1.165, 1.54) is 6.07 Å². The lowest BCUT2D eigenvalue weighted by molar-refractivity contribution is 0.101. The van der Waals surface area contributed by atoms with Crippen LogP contribution in [0.25, 0.3) is 0 Å². The van der Waals surface area contributed by atoms with Gasteiger partial charge in [-0.2, -0.15) is 0 Å². The maximum Gasteiger partial charge on any atom is 0.257 e. The van der Waals surface area contributed by atoms with Crippen molar-refractivity contribution in [2.24, 2.45) is 0 Å². The van der Waals surface area contributed by atoms with Crippen LogP contribution < -0.4 is 15.4 Å². The molecule has 7 heteroatoms. The molecule has 0 unspecified atom stereocenters. The quantitative estimate of drug-likeness (QED) is 0.451. The first-order valence-electron chi connectivity index (χ1n) is 9.37. The average molecular weight is 443 g/mol. The van der Waals surface area contributed by atoms with Crippen LogP contribution in [-0.4, -0.2) is 18.4 Å². The van der Waals surface area contributed by atoms with Gasteiger partial charge in [-0.1, -0.05) is 30.1 Å². The molecule has 3 rings (SSSR count). The van der Waals surface area contributed by atoms with Crippen molar-refractivity contribution >= 4 is 46.4 Å². The van der Waals surface area contributed by atoms with Crippen molar-refractivity contribution in [2.45, 2.75) is 13.3 Å². The maximum absolute atomic E-state index is 12.4. The van der Waals surface area contributed by atoms with Crippen LogP contribution in [0.5, 0.6) is 5.75 Å². The summed E-state index contributed by atoms with van der Waals surface area (Å²) in [7, 11) is 0. The first kappa shape index (κ1) is 21.7. The van der Waals surface area contributed by atoms with E-state index in [1.807, 2.05) is 6.92 Å². The summed E-state index contributed by atoms with van der Waals surface area (Å²) in [6.45, 7) is 2.67. The zero-order chi connectivity index (χ0) is 21.5. The van der Waals surface area contributed by atoms with Gasteiger partial charge in [-0.15, -0.1) is 0 Å². The Hall–Kier alpha value is -3.02. The number of amides is 2. The van der Waals surface area contributed by atoms with E-state index in [-0.39, 0.29) is 16.8 Å². The number of nitrogens with one attached hydrogen (secondary N) is 2. The monoisotopic (exact) mass is 442 g/mol. The smallest absolute Gasteiger partial charge is 0.257 e. The molecule has 0 aliphatic rings. The minimum atomic E-state index is -0.348. The minimum Gasteiger partial charge on any atom is -0.494 e. The zero-order valence-corrected chi connectivity index (χ0v) is 17.8. The number of hydrogen-bond donors (Lipinski definition) is 2. The first-order valence-corrected chi connectivity index (χ1v) is 10.1. The van der Waals surface area contributed by atoms with Crippen LogP contribution in [-0.2, 0) is 0 Å². The molecule has 0 saturated carbocycles. The van der Waals surface area contributed by atoms with Crippen LogP contribution in [0.3, 0.4) is 0 Å². The number of anilines is 2. The molecule has 3 aromatic rings. The summed E-state index contributed by atoms with van der Waals surface area (Å²) in [6, 6.07) is 18.4. The van der Waals surface area contributed by atoms with Gasteiger partial charge in [0, 0.05) is 22.0 Å². The molecule has 2 N–H and O–H groups in total. The van der Waals surface area contributed by atoms with Crippen LogP contribution in [0.4, 0.5) is 11.4 Å². The number of benzene rings is 3. The lowest BCUT2D eigenvalue weighted by atomic mass is 10.2. The third-order valence-electron chi connectivity index (χ3n) is 4.17. The van der Waals surface area contributed by atoms with Crippen LogP contribution in [0, 0.1) is 0 Å². The molecule has 0 aromatic heterocycles. The topological polar surface area (TPSA) is 67.4 Å². The molecule has 0 spiro atoms. The lowest BCUT2D eigenvalue weighted by Gasteiger charge is -2.10. The number of carbonyl (C=O) groups excluding carboxylic acids is 2. The van der Waals surface area contributed by atoms with Crippen LogP contribution >= 0.6 is 23.2 Å². The summed E-state index contributed by atoms with van der Waals surface area (Å²) in [4.78, 5) is 24.8. The van der Waals surface area contributed by atoms with Crippen molar-refractivity contribution in [2.75, 3.05) is 17.2 Å². The van der Waals surface area contributed by atoms with E-state index in [2.05, 4.69) is 10.6 Å². The zero-order valence-electron chi connectivity index (χ0n) is 16.2. The molecule has 0 bridgehead atoms. The van der Waals surface area contributed by atoms with E-state index in [1.54, 1.807) is 60.7 Å². The van der Waals surface area contributed by atoms with Crippen molar-refractivity contribution in [3.63, 3.8) is 0 Å². The van der Waals surface area contributed by atoms with E-state index in [0.29, 0.717) is 34.1 Å². The fraction of sp³-hybridized carbons (Fsp3) is 0.130. The second kappa shape index (κ2) is 10.1. The minimum absolute atomic E-state index is 0.234. The summed E-state index contributed by atoms with van der Waals surface area (Å²) >= 11 is 11.9. The van der Waals surface area contributed by atoms with E-state index in [9.17, 15) is 9.59 Å². The molecular weight excluding hydrogens is 423 g/mol. The van der Waals surface area contributed by atoms with Gasteiger partial charge in [0.15, 0.2) is 0 Å². The number of rotatable bonds is 7. The molecule has 0 saturated heterocycles. The van der Waals surface area contributed by atoms with E-state index in [0.717, 1.165) is 12.2 Å². The Bertz CT molecular complexity index is 1040. The Labute approximate surface area is 185 Å². The van der Waals surface area contributed by atoms with Crippen molar-refractivity contribution < 1.29 is 14.3 Å². The second-order valence-electron chi connectivity index (χ2n) is 6.48. The van der Waals surface area contributed by atoms with Crippen LogP contribution in [0.15, 0.2) is 66.7 Å². The Morgan fingerprint density at radius 3 is 2.00 bits per heavy atom. The standard InChI is InChI=1S/C23H20Cl2N2O3/c1-2-13-30-19-10-3-15(4-11-19)22(28)26-17-6-8-18(9-7-17)27-23(29)20-12-5-16(24)14-21(20)25/h3-12,14H,2,13H2,1H3,(H,26,28)(H,27,29). The molecule has 0 heterocycles. The Kier molecular flexibility index (Phi) is 7.33. The normalized spacial score (nSPS) is 10.4. The molecule has 0 atom stereocenters. The number of ether oxygens (including phenoxy) is 1. The molecule has 2 amide bonds. The van der Waals surface area contributed by atoms with Gasteiger partial charge in [-0.3, -0.25) is 9.59 Å². The first-order chi connectivity index (χ1) is 14.5. The van der Waals surface area contributed by atoms with Crippen molar-refractivity contribution in [3.8, 4) is 5.75 Å². The van der Waals surface area contributed by atoms with Gasteiger partial charge >= 0.3 is 0 Å². The molecule has 0 radical (unpaired) electrons. The SMILES string of the molecule is CCCOc1ccc(C(=O)Nc2ccc(NC(=O)c3ccc(Cl)cc3Cl)cc2)cc1. The summed E-state index contributed by atoms with van der Waals surface area (Å²) in [5.41, 5.74) is 2.02. The van der Waals surface area contributed by atoms with E-state index < -0.39 is 0 Å². The summed E-state index contributed by atoms with van der Waals surface area (Å²) < 4.78 is 5.52. The Balaban J connectivity index is 1.60. The molecular formula is C23H20Cl2N2O3. The van der Waals surface area contributed by atoms with Crippen LogP contribution in [0.2, 0.25) is 10.0 Å². The van der Waals surface area contributed by atoms with Crippen molar-refractivity contribution in [1.29, 1.82) is 0 Å². The van der Waals surface area contributed by atoms with Gasteiger partial charge in [0.25, 0.3) is 11.8 Å². The number of halogens is 2. The van der Waals surface area contributed by atoms with Crippen LogP contribution in [0.1, 0.15) is 34.1 Å². The van der Waals surface area contributed by atoms with Gasteiger partial charge in [0.05, 0.1) is 17.2 Å². The molecule has 154 valence electrons. The highest BCUT2D eigenvalue weighted by Crippen LogP contribution is 2.23. The third kappa shape index (κ3) is 5.75. The summed E-state index contributed by atoms with van der Waals surface area (Å²) in [5.74, 6) is 0.148. The highest BCUT2D eigenvalue weighted by Gasteiger charge is 2.11. The van der Waals surface area contributed by atoms with Crippen molar-refractivity contribution in [1.82, 2.24) is 0 Å². The van der Waals surface area contributed by atoms with Gasteiger partial charge in [-0.05, 0) is 73.2 Å². The maximum atomic E-state index is 12.4. The van der Waals surface area contributed by atoms with Gasteiger partial charge in [-0.25, -0.2) is 0 Å². The molecule has 30 heavy (non-hydrogen) atoms. The Morgan fingerprint density at radius 1 is 0.833 bits per heavy atom. The summed E-state index contributed by atoms with van der Waals surface area (Å²) in [5, 5.41) is 6.31. The van der Waals surface area contributed by atoms with Gasteiger partial charge in [0.2, 0.25) is 0 Å². The number of carbonyl (C=O) groups is 2. The number of hydrogen-bond acceptors (Lipinski definition) is 3. The molecule has 3 aromatic carbocycles. The average Bonchev–Trinajstić information content (AvgIpc) is 2.74. The third-order valence-corrected chi connectivity index (χ3v) is 4.71. The highest BCUT2D eigenvalue weighted by molar-refractivity contribution is 6.37. The highest BCUT2D eigenvalue weighted by atomic mass is 35.5. The predicted molar refractivity (Wildman–Crippen MR) is 121 cm³/mol. The molecule has 0 fully saturated rings. The lowest BCUT2D eigenvalue weighted by Crippen LogP contribution is -2.13. The molecule has 5 nitrogen and oxygen atoms in total. The fourth-order valence-electron chi connectivity index (χ4n) is 2.63. The van der Waals surface area contributed by atoms with E-state index in [4.69, 9.17) is 27.9 Å². The van der Waals surface area contributed by atoms with E-state index >= 15 is 0 Å². The predicted octanol–water partition coefficient (Wildman–Crippen LogP) is 6.29. The fourth-order valence-corrected chi connectivity index (χ4v) is 3.13.